The molecule has 3 rings (SSSR count). The smallest absolute Gasteiger partial charge is 0.262 e. The number of nitrogen functional groups attached to an aromatic ring is 1. The molecule has 0 atom stereocenters. The van der Waals surface area contributed by atoms with Crippen LogP contribution in [0.25, 0.3) is 0 Å². The number of anilines is 1. The molecule has 0 radical (unpaired) electrons. The van der Waals surface area contributed by atoms with E-state index in [0.717, 1.165) is 22.6 Å². The molecule has 168 valence electrons. The lowest BCUT2D eigenvalue weighted by Crippen LogP contribution is -2.14. The predicted molar refractivity (Wildman–Crippen MR) is 129 cm³/mol. The number of hydrogen-bond donors (Lipinski definition) is 3. The molecule has 9 heteroatoms. The Bertz CT molecular complexity index is 1200. The Morgan fingerprint density at radius 3 is 2.34 bits per heavy atom. The van der Waals surface area contributed by atoms with Gasteiger partial charge in [0.1, 0.15) is 5.84 Å². The van der Waals surface area contributed by atoms with Gasteiger partial charge >= 0.3 is 0 Å². The highest BCUT2D eigenvalue weighted by atomic mass is 32.2. The Hall–Kier alpha value is -3.17. The van der Waals surface area contributed by atoms with Crippen molar-refractivity contribution in [2.75, 3.05) is 24.7 Å². The lowest BCUT2D eigenvalue weighted by molar-refractivity contribution is 0.354. The van der Waals surface area contributed by atoms with Crippen LogP contribution in [-0.4, -0.2) is 34.2 Å². The summed E-state index contributed by atoms with van der Waals surface area (Å²) in [6.45, 7) is 0. The molecular formula is C23H25N3O4S2. The molecule has 0 unspecified atom stereocenters. The summed E-state index contributed by atoms with van der Waals surface area (Å²) in [5, 5.41) is 7.46. The van der Waals surface area contributed by atoms with E-state index in [2.05, 4.69) is 4.72 Å². The van der Waals surface area contributed by atoms with Gasteiger partial charge in [-0.1, -0.05) is 36.4 Å². The third-order valence-electron chi connectivity index (χ3n) is 4.71. The van der Waals surface area contributed by atoms with E-state index in [1.165, 1.54) is 26.4 Å². The topological polar surface area (TPSA) is 114 Å². The fourth-order valence-corrected chi connectivity index (χ4v) is 5.16. The number of hydrogen-bond acceptors (Lipinski definition) is 6. The summed E-state index contributed by atoms with van der Waals surface area (Å²) < 4.78 is 39.0. The number of benzene rings is 3. The number of ether oxygens (including phenoxy) is 2. The first kappa shape index (κ1) is 23.5. The van der Waals surface area contributed by atoms with E-state index in [4.69, 9.17) is 20.6 Å². The van der Waals surface area contributed by atoms with Gasteiger partial charge in [0.05, 0.1) is 24.8 Å². The van der Waals surface area contributed by atoms with E-state index in [0.29, 0.717) is 22.7 Å². The molecule has 0 spiro atoms. The third-order valence-corrected chi connectivity index (χ3v) is 7.15. The SMILES string of the molecule is COc1ccc(S(=O)(=O)Nc2ccccc2SCCc2ccc(C(=N)N)cc2)cc1OC. The quantitative estimate of drug-likeness (QED) is 0.233. The van der Waals surface area contributed by atoms with E-state index in [-0.39, 0.29) is 10.7 Å². The summed E-state index contributed by atoms with van der Waals surface area (Å²) in [6, 6.07) is 19.3. The lowest BCUT2D eigenvalue weighted by atomic mass is 10.1. The van der Waals surface area contributed by atoms with Gasteiger partial charge in [0, 0.05) is 22.3 Å². The molecule has 0 saturated heterocycles. The molecule has 32 heavy (non-hydrogen) atoms. The Morgan fingerprint density at radius 2 is 1.69 bits per heavy atom. The maximum atomic E-state index is 13.0. The summed E-state index contributed by atoms with van der Waals surface area (Å²) in [6.07, 6.45) is 0.791. The molecule has 0 bridgehead atoms. The fraction of sp³-hybridized carbons (Fsp3) is 0.174. The van der Waals surface area contributed by atoms with Crippen LogP contribution in [0.4, 0.5) is 5.69 Å². The minimum atomic E-state index is -3.81. The molecule has 0 aromatic heterocycles. The zero-order valence-corrected chi connectivity index (χ0v) is 19.4. The summed E-state index contributed by atoms with van der Waals surface area (Å²) >= 11 is 1.56. The molecule has 0 aliphatic heterocycles. The number of nitrogens with one attached hydrogen (secondary N) is 2. The van der Waals surface area contributed by atoms with E-state index < -0.39 is 10.0 Å². The Labute approximate surface area is 192 Å². The van der Waals surface area contributed by atoms with Crippen molar-refractivity contribution < 1.29 is 17.9 Å². The molecule has 0 aliphatic carbocycles. The maximum absolute atomic E-state index is 13.0. The van der Waals surface area contributed by atoms with Gasteiger partial charge in [-0.2, -0.15) is 0 Å². The molecule has 0 aliphatic rings. The van der Waals surface area contributed by atoms with Gasteiger partial charge in [-0.25, -0.2) is 8.42 Å². The van der Waals surface area contributed by atoms with Gasteiger partial charge in [-0.15, -0.1) is 11.8 Å². The zero-order valence-electron chi connectivity index (χ0n) is 17.8. The van der Waals surface area contributed by atoms with Gasteiger partial charge < -0.3 is 15.2 Å². The van der Waals surface area contributed by atoms with E-state index in [9.17, 15) is 8.42 Å². The zero-order chi connectivity index (χ0) is 23.1. The predicted octanol–water partition coefficient (Wildman–Crippen LogP) is 4.12. The highest BCUT2D eigenvalue weighted by Crippen LogP contribution is 2.32. The van der Waals surface area contributed by atoms with Crippen LogP contribution < -0.4 is 19.9 Å². The number of para-hydroxylation sites is 1. The minimum Gasteiger partial charge on any atom is -0.493 e. The number of nitrogens with two attached hydrogens (primary N) is 1. The van der Waals surface area contributed by atoms with Crippen molar-refractivity contribution >= 4 is 33.3 Å². The second kappa shape index (κ2) is 10.4. The second-order valence-corrected chi connectivity index (χ2v) is 9.65. The Morgan fingerprint density at radius 1 is 1.00 bits per heavy atom. The number of thioether (sulfide) groups is 1. The van der Waals surface area contributed by atoms with Crippen LogP contribution in [0.1, 0.15) is 11.1 Å². The number of aryl methyl sites for hydroxylation is 1. The molecule has 0 saturated carbocycles. The molecule has 0 fully saturated rings. The normalized spacial score (nSPS) is 11.1. The van der Waals surface area contributed by atoms with Crippen molar-refractivity contribution in [1.82, 2.24) is 0 Å². The molecule has 3 aromatic carbocycles. The first-order chi connectivity index (χ1) is 15.3. The molecule has 4 N–H and O–H groups in total. The van der Waals surface area contributed by atoms with Gasteiger partial charge in [0.25, 0.3) is 10.0 Å². The number of amidine groups is 1. The molecular weight excluding hydrogens is 446 g/mol. The summed E-state index contributed by atoms with van der Waals surface area (Å²) in [7, 11) is -0.859. The van der Waals surface area contributed by atoms with Crippen molar-refractivity contribution in [1.29, 1.82) is 5.41 Å². The molecule has 0 heterocycles. The van der Waals surface area contributed by atoms with Crippen molar-refractivity contribution in [3.8, 4) is 11.5 Å². The number of methoxy groups -OCH3 is 2. The Balaban J connectivity index is 1.71. The highest BCUT2D eigenvalue weighted by Gasteiger charge is 2.18. The van der Waals surface area contributed by atoms with Crippen LogP contribution in [0.15, 0.2) is 76.5 Å². The molecule has 0 amide bonds. The van der Waals surface area contributed by atoms with E-state index in [1.54, 1.807) is 30.0 Å². The standard InChI is InChI=1S/C23H25N3O4S2/c1-29-20-12-11-18(15-21(20)30-2)32(27,28)26-19-5-3-4-6-22(19)31-14-13-16-7-9-17(10-8-16)23(24)25/h3-12,15,26H,13-14H2,1-2H3,(H3,24,25). The van der Waals surface area contributed by atoms with Gasteiger partial charge in [0.15, 0.2) is 11.5 Å². The monoisotopic (exact) mass is 471 g/mol. The third kappa shape index (κ3) is 5.74. The van der Waals surface area contributed by atoms with Crippen LogP contribution in [0.5, 0.6) is 11.5 Å². The molecule has 3 aromatic rings. The summed E-state index contributed by atoms with van der Waals surface area (Å²) in [5.74, 6) is 1.60. The van der Waals surface area contributed by atoms with Gasteiger partial charge in [0.2, 0.25) is 0 Å². The largest absolute Gasteiger partial charge is 0.493 e. The van der Waals surface area contributed by atoms with E-state index in [1.807, 2.05) is 36.4 Å². The van der Waals surface area contributed by atoms with Gasteiger partial charge in [-0.3, -0.25) is 10.1 Å². The first-order valence-electron chi connectivity index (χ1n) is 9.74. The van der Waals surface area contributed by atoms with Crippen LogP contribution in [0.3, 0.4) is 0 Å². The van der Waals surface area contributed by atoms with Crippen LogP contribution in [0.2, 0.25) is 0 Å². The minimum absolute atomic E-state index is 0.0432. The second-order valence-electron chi connectivity index (χ2n) is 6.83. The van der Waals surface area contributed by atoms with Crippen LogP contribution in [0, 0.1) is 5.41 Å². The van der Waals surface area contributed by atoms with Crippen LogP contribution >= 0.6 is 11.8 Å². The average Bonchev–Trinajstić information content (AvgIpc) is 2.79. The first-order valence-corrected chi connectivity index (χ1v) is 12.2. The Kier molecular flexibility index (Phi) is 7.66. The van der Waals surface area contributed by atoms with Gasteiger partial charge in [-0.05, 0) is 36.2 Å². The lowest BCUT2D eigenvalue weighted by Gasteiger charge is -2.14. The number of sulfonamides is 1. The van der Waals surface area contributed by atoms with Crippen molar-refractivity contribution in [2.24, 2.45) is 5.73 Å². The fourth-order valence-electron chi connectivity index (χ4n) is 2.99. The number of rotatable bonds is 10. The highest BCUT2D eigenvalue weighted by molar-refractivity contribution is 7.99. The maximum Gasteiger partial charge on any atom is 0.262 e. The van der Waals surface area contributed by atoms with Crippen molar-refractivity contribution in [3.05, 3.63) is 77.9 Å². The van der Waals surface area contributed by atoms with Crippen molar-refractivity contribution in [2.45, 2.75) is 16.2 Å². The summed E-state index contributed by atoms with van der Waals surface area (Å²) in [4.78, 5) is 0.914. The molecule has 7 nitrogen and oxygen atoms in total. The van der Waals surface area contributed by atoms with Crippen molar-refractivity contribution in [3.63, 3.8) is 0 Å². The van der Waals surface area contributed by atoms with E-state index >= 15 is 0 Å². The van der Waals surface area contributed by atoms with Crippen LogP contribution in [-0.2, 0) is 16.4 Å². The summed E-state index contributed by atoms with van der Waals surface area (Å²) in [5.41, 5.74) is 7.81. The average molecular weight is 472 g/mol.